The summed E-state index contributed by atoms with van der Waals surface area (Å²) in [6.45, 7) is 4.29. The van der Waals surface area contributed by atoms with Crippen molar-refractivity contribution < 1.29 is 18.8 Å². The molecule has 0 fully saturated rings. The van der Waals surface area contributed by atoms with E-state index in [4.69, 9.17) is 20.9 Å². The summed E-state index contributed by atoms with van der Waals surface area (Å²) in [5.41, 5.74) is 2.26. The summed E-state index contributed by atoms with van der Waals surface area (Å²) in [6, 6.07) is 7.29. The Morgan fingerprint density at radius 1 is 1.33 bits per heavy atom. The smallest absolute Gasteiger partial charge is 0.341 e. The van der Waals surface area contributed by atoms with E-state index in [0.29, 0.717) is 58.2 Å². The predicted molar refractivity (Wildman–Crippen MR) is 128 cm³/mol. The van der Waals surface area contributed by atoms with Gasteiger partial charge in [-0.1, -0.05) is 35.8 Å². The summed E-state index contributed by atoms with van der Waals surface area (Å²) in [6.07, 6.45) is 4.06. The number of hydrogen-bond donors (Lipinski definition) is 1. The van der Waals surface area contributed by atoms with Crippen molar-refractivity contribution in [1.29, 1.82) is 0 Å². The summed E-state index contributed by atoms with van der Waals surface area (Å²) in [5, 5.41) is 8.07. The van der Waals surface area contributed by atoms with Gasteiger partial charge in [0.05, 0.1) is 17.2 Å². The molecule has 174 valence electrons. The van der Waals surface area contributed by atoms with Gasteiger partial charge in [0.1, 0.15) is 5.00 Å². The Morgan fingerprint density at radius 3 is 2.94 bits per heavy atom. The third-order valence-electron chi connectivity index (χ3n) is 5.62. The average molecular weight is 488 g/mol. The van der Waals surface area contributed by atoms with Gasteiger partial charge in [0.15, 0.2) is 0 Å². The van der Waals surface area contributed by atoms with Crippen molar-refractivity contribution in [3.05, 3.63) is 51.2 Å². The summed E-state index contributed by atoms with van der Waals surface area (Å²) in [4.78, 5) is 30.8. The van der Waals surface area contributed by atoms with Crippen LogP contribution in [-0.2, 0) is 28.8 Å². The number of anilines is 1. The standard InChI is InChI=1S/C24H26ClN3O4S/c1-3-31-24(30)21-16-12-11-14(2)13-18(16)33-23(21)26-19(29)9-6-10-20-27-22(28-32-20)15-7-4-5-8-17(15)25/h4-5,7-8,14H,3,6,9-13H2,1-2H3,(H,26,29)/t14-/m0/s1. The van der Waals surface area contributed by atoms with Gasteiger partial charge in [0, 0.05) is 23.3 Å². The maximum absolute atomic E-state index is 12.6. The Labute approximate surface area is 201 Å². The molecule has 1 amide bonds. The Morgan fingerprint density at radius 2 is 2.15 bits per heavy atom. The van der Waals surface area contributed by atoms with Gasteiger partial charge in [-0.15, -0.1) is 11.3 Å². The first-order valence-electron chi connectivity index (χ1n) is 11.1. The van der Waals surface area contributed by atoms with Gasteiger partial charge in [0.2, 0.25) is 17.6 Å². The molecule has 2 heterocycles. The number of fused-ring (bicyclic) bond motifs is 1. The summed E-state index contributed by atoms with van der Waals surface area (Å²) >= 11 is 7.68. The molecular weight excluding hydrogens is 462 g/mol. The van der Waals surface area contributed by atoms with Crippen LogP contribution < -0.4 is 5.32 Å². The van der Waals surface area contributed by atoms with Crippen molar-refractivity contribution in [1.82, 2.24) is 10.1 Å². The first-order chi connectivity index (χ1) is 16.0. The Kier molecular flexibility index (Phi) is 7.45. The number of halogens is 1. The average Bonchev–Trinajstić information content (AvgIpc) is 3.38. The third-order valence-corrected chi connectivity index (χ3v) is 7.12. The second-order valence-corrected chi connectivity index (χ2v) is 9.68. The number of carbonyl (C=O) groups is 2. The van der Waals surface area contributed by atoms with Crippen LogP contribution in [0.2, 0.25) is 5.02 Å². The predicted octanol–water partition coefficient (Wildman–Crippen LogP) is 5.71. The number of thiophene rings is 1. The minimum absolute atomic E-state index is 0.155. The van der Waals surface area contributed by atoms with E-state index in [9.17, 15) is 9.59 Å². The van der Waals surface area contributed by atoms with Crippen LogP contribution in [0, 0.1) is 5.92 Å². The molecule has 0 saturated carbocycles. The molecule has 4 rings (SSSR count). The number of carbonyl (C=O) groups excluding carboxylic acids is 2. The summed E-state index contributed by atoms with van der Waals surface area (Å²) < 4.78 is 10.6. The molecule has 0 spiro atoms. The highest BCUT2D eigenvalue weighted by molar-refractivity contribution is 7.17. The molecule has 0 unspecified atom stereocenters. The van der Waals surface area contributed by atoms with Gasteiger partial charge in [-0.3, -0.25) is 4.79 Å². The number of ether oxygens (including phenoxy) is 1. The van der Waals surface area contributed by atoms with E-state index >= 15 is 0 Å². The van der Waals surface area contributed by atoms with Gasteiger partial charge in [-0.25, -0.2) is 4.79 Å². The second kappa shape index (κ2) is 10.5. The zero-order chi connectivity index (χ0) is 23.4. The number of nitrogens with one attached hydrogen (secondary N) is 1. The molecule has 0 aliphatic heterocycles. The van der Waals surface area contributed by atoms with E-state index in [1.807, 2.05) is 18.2 Å². The molecule has 0 saturated heterocycles. The fraction of sp³-hybridized carbons (Fsp3) is 0.417. The van der Waals surface area contributed by atoms with Gasteiger partial charge in [0.25, 0.3) is 0 Å². The van der Waals surface area contributed by atoms with E-state index in [0.717, 1.165) is 24.8 Å². The molecule has 33 heavy (non-hydrogen) atoms. The second-order valence-electron chi connectivity index (χ2n) is 8.17. The number of hydrogen-bond acceptors (Lipinski definition) is 7. The number of benzene rings is 1. The molecule has 1 aromatic carbocycles. The highest BCUT2D eigenvalue weighted by atomic mass is 35.5. The van der Waals surface area contributed by atoms with Crippen molar-refractivity contribution in [3.8, 4) is 11.4 Å². The van der Waals surface area contributed by atoms with Gasteiger partial charge in [-0.05, 0) is 56.2 Å². The third kappa shape index (κ3) is 5.45. The topological polar surface area (TPSA) is 94.3 Å². The van der Waals surface area contributed by atoms with E-state index in [2.05, 4.69) is 22.4 Å². The zero-order valence-corrected chi connectivity index (χ0v) is 20.2. The number of rotatable bonds is 8. The van der Waals surface area contributed by atoms with Crippen LogP contribution in [0.25, 0.3) is 11.4 Å². The van der Waals surface area contributed by atoms with Crippen molar-refractivity contribution in [2.45, 2.75) is 52.4 Å². The van der Waals surface area contributed by atoms with E-state index in [1.165, 1.54) is 16.2 Å². The first-order valence-corrected chi connectivity index (χ1v) is 12.3. The quantitative estimate of drug-likeness (QED) is 0.408. The van der Waals surface area contributed by atoms with E-state index in [-0.39, 0.29) is 18.3 Å². The van der Waals surface area contributed by atoms with Crippen LogP contribution in [0.5, 0.6) is 0 Å². The van der Waals surface area contributed by atoms with Crippen molar-refractivity contribution in [2.75, 3.05) is 11.9 Å². The van der Waals surface area contributed by atoms with Gasteiger partial charge < -0.3 is 14.6 Å². The van der Waals surface area contributed by atoms with Gasteiger partial charge in [-0.2, -0.15) is 4.98 Å². The fourth-order valence-corrected chi connectivity index (χ4v) is 5.59. The highest BCUT2D eigenvalue weighted by Gasteiger charge is 2.29. The molecule has 1 atom stereocenters. The van der Waals surface area contributed by atoms with Gasteiger partial charge >= 0.3 is 5.97 Å². The number of aryl methyl sites for hydroxylation is 1. The monoisotopic (exact) mass is 487 g/mol. The first kappa shape index (κ1) is 23.4. The molecule has 0 bridgehead atoms. The number of esters is 1. The van der Waals surface area contributed by atoms with E-state index in [1.54, 1.807) is 13.0 Å². The van der Waals surface area contributed by atoms with E-state index < -0.39 is 0 Å². The Bertz CT molecular complexity index is 1160. The molecule has 1 aliphatic rings. The molecule has 9 heteroatoms. The number of nitrogens with zero attached hydrogens (tertiary/aromatic N) is 2. The lowest BCUT2D eigenvalue weighted by Gasteiger charge is -2.18. The SMILES string of the molecule is CCOC(=O)c1c(NC(=O)CCCc2nc(-c3ccccc3Cl)no2)sc2c1CC[C@H](C)C2. The van der Waals surface area contributed by atoms with Crippen LogP contribution >= 0.6 is 22.9 Å². The lowest BCUT2D eigenvalue weighted by Crippen LogP contribution is -2.16. The van der Waals surface area contributed by atoms with Crippen LogP contribution in [0.15, 0.2) is 28.8 Å². The van der Waals surface area contributed by atoms with Crippen molar-refractivity contribution in [3.63, 3.8) is 0 Å². The maximum Gasteiger partial charge on any atom is 0.341 e. The fourth-order valence-electron chi connectivity index (χ4n) is 3.96. The highest BCUT2D eigenvalue weighted by Crippen LogP contribution is 2.40. The molecule has 3 aromatic rings. The molecule has 7 nitrogen and oxygen atoms in total. The normalized spacial score (nSPS) is 15.2. The molecule has 2 aromatic heterocycles. The zero-order valence-electron chi connectivity index (χ0n) is 18.7. The lowest BCUT2D eigenvalue weighted by molar-refractivity contribution is -0.116. The molecule has 1 N–H and O–H groups in total. The van der Waals surface area contributed by atoms with Crippen LogP contribution in [-0.4, -0.2) is 28.6 Å². The minimum atomic E-state index is -0.363. The van der Waals surface area contributed by atoms with Crippen LogP contribution in [0.3, 0.4) is 0 Å². The van der Waals surface area contributed by atoms with Crippen LogP contribution in [0.4, 0.5) is 5.00 Å². The lowest BCUT2D eigenvalue weighted by atomic mass is 9.88. The maximum atomic E-state index is 12.6. The summed E-state index contributed by atoms with van der Waals surface area (Å²) in [7, 11) is 0. The largest absolute Gasteiger partial charge is 0.462 e. The molecular formula is C24H26ClN3O4S. The molecule has 1 aliphatic carbocycles. The van der Waals surface area contributed by atoms with Crippen LogP contribution in [0.1, 0.15) is 59.8 Å². The summed E-state index contributed by atoms with van der Waals surface area (Å²) in [5.74, 6) is 0.929. The number of amides is 1. The van der Waals surface area contributed by atoms with Crippen molar-refractivity contribution in [2.24, 2.45) is 5.92 Å². The Hall–Kier alpha value is -2.71. The molecule has 0 radical (unpaired) electrons. The Balaban J connectivity index is 1.38. The van der Waals surface area contributed by atoms with Crippen molar-refractivity contribution >= 4 is 39.8 Å². The number of aromatic nitrogens is 2. The minimum Gasteiger partial charge on any atom is -0.462 e.